The summed E-state index contributed by atoms with van der Waals surface area (Å²) in [4.78, 5) is 24.5. The summed E-state index contributed by atoms with van der Waals surface area (Å²) in [6.07, 6.45) is 4.06. The van der Waals surface area contributed by atoms with Crippen LogP contribution in [0.25, 0.3) is 0 Å². The molecule has 1 N–H and O–H groups in total. The van der Waals surface area contributed by atoms with Crippen LogP contribution < -0.4 is 0 Å². The van der Waals surface area contributed by atoms with Gasteiger partial charge >= 0.3 is 5.00 Å². The minimum Gasteiger partial charge on any atom is -0.395 e. The van der Waals surface area contributed by atoms with Gasteiger partial charge in [0, 0.05) is 18.7 Å². The maximum atomic E-state index is 12.4. The Bertz CT molecular complexity index is 468. The summed E-state index contributed by atoms with van der Waals surface area (Å²) in [7, 11) is 0. The minimum atomic E-state index is -0.493. The van der Waals surface area contributed by atoms with E-state index in [-0.39, 0.29) is 30.1 Å². The second-order valence-electron chi connectivity index (χ2n) is 4.56. The van der Waals surface area contributed by atoms with Crippen LogP contribution in [0.15, 0.2) is 12.1 Å². The lowest BCUT2D eigenvalue weighted by atomic mass is 10.2. The molecule has 1 aliphatic rings. The summed E-state index contributed by atoms with van der Waals surface area (Å²) in [6.45, 7) is 0.199. The predicted molar refractivity (Wildman–Crippen MR) is 71.4 cm³/mol. The van der Waals surface area contributed by atoms with Crippen LogP contribution in [0, 0.1) is 10.1 Å². The first-order chi connectivity index (χ1) is 9.13. The van der Waals surface area contributed by atoms with E-state index in [2.05, 4.69) is 0 Å². The summed E-state index contributed by atoms with van der Waals surface area (Å²) in [5, 5.41) is 19.7. The van der Waals surface area contributed by atoms with E-state index in [0.717, 1.165) is 37.0 Å². The first-order valence-corrected chi connectivity index (χ1v) is 7.11. The molecule has 1 aromatic rings. The molecule has 6 nitrogen and oxygen atoms in total. The van der Waals surface area contributed by atoms with Gasteiger partial charge in [-0.3, -0.25) is 14.9 Å². The molecule has 7 heteroatoms. The smallest absolute Gasteiger partial charge is 0.324 e. The van der Waals surface area contributed by atoms with Crippen LogP contribution in [0.3, 0.4) is 0 Å². The van der Waals surface area contributed by atoms with Crippen molar-refractivity contribution in [1.29, 1.82) is 0 Å². The highest BCUT2D eigenvalue weighted by Gasteiger charge is 2.28. The van der Waals surface area contributed by atoms with E-state index in [1.54, 1.807) is 4.90 Å². The molecule has 1 aromatic heterocycles. The SMILES string of the molecule is O=C(c1ccc([N+](=O)[O-])s1)N(CCO)C1CCCC1. The molecular weight excluding hydrogens is 268 g/mol. The first kappa shape index (κ1) is 14.0. The van der Waals surface area contributed by atoms with E-state index in [1.807, 2.05) is 0 Å². The Labute approximate surface area is 114 Å². The van der Waals surface area contributed by atoms with Gasteiger partial charge in [0.05, 0.1) is 16.4 Å². The molecule has 0 unspecified atom stereocenters. The van der Waals surface area contributed by atoms with E-state index in [0.29, 0.717) is 4.88 Å². The van der Waals surface area contributed by atoms with Crippen molar-refractivity contribution in [1.82, 2.24) is 4.90 Å². The van der Waals surface area contributed by atoms with Crippen molar-refractivity contribution in [3.8, 4) is 0 Å². The number of nitro groups is 1. The number of aliphatic hydroxyl groups excluding tert-OH is 1. The summed E-state index contributed by atoms with van der Waals surface area (Å²) in [6, 6.07) is 2.99. The zero-order valence-electron chi connectivity index (χ0n) is 10.4. The molecule has 0 bridgehead atoms. The van der Waals surface area contributed by atoms with Crippen LogP contribution in [-0.4, -0.2) is 40.0 Å². The molecule has 0 aliphatic heterocycles. The molecule has 19 heavy (non-hydrogen) atoms. The number of carbonyl (C=O) groups is 1. The number of carbonyl (C=O) groups excluding carboxylic acids is 1. The molecule has 1 heterocycles. The maximum Gasteiger partial charge on any atom is 0.324 e. The van der Waals surface area contributed by atoms with Crippen molar-refractivity contribution < 1.29 is 14.8 Å². The van der Waals surface area contributed by atoms with Gasteiger partial charge in [-0.25, -0.2) is 0 Å². The Morgan fingerprint density at radius 3 is 2.68 bits per heavy atom. The van der Waals surface area contributed by atoms with Crippen LogP contribution in [0.5, 0.6) is 0 Å². The van der Waals surface area contributed by atoms with Gasteiger partial charge in [-0.05, 0) is 18.9 Å². The van der Waals surface area contributed by atoms with Crippen LogP contribution in [0.4, 0.5) is 5.00 Å². The standard InChI is InChI=1S/C12H16N2O4S/c15-8-7-13(9-3-1-2-4-9)12(16)10-5-6-11(19-10)14(17)18/h5-6,9,15H,1-4,7-8H2. The van der Waals surface area contributed by atoms with Crippen LogP contribution >= 0.6 is 11.3 Å². The zero-order chi connectivity index (χ0) is 13.8. The highest BCUT2D eigenvalue weighted by Crippen LogP contribution is 2.29. The van der Waals surface area contributed by atoms with E-state index < -0.39 is 4.92 Å². The number of amides is 1. The normalized spacial score (nSPS) is 15.6. The van der Waals surface area contributed by atoms with Gasteiger partial charge in [0.15, 0.2) is 0 Å². The zero-order valence-corrected chi connectivity index (χ0v) is 11.3. The second-order valence-corrected chi connectivity index (χ2v) is 5.62. The highest BCUT2D eigenvalue weighted by molar-refractivity contribution is 7.17. The number of nitrogens with zero attached hydrogens (tertiary/aromatic N) is 2. The lowest BCUT2D eigenvalue weighted by Crippen LogP contribution is -2.40. The molecule has 104 valence electrons. The lowest BCUT2D eigenvalue weighted by molar-refractivity contribution is -0.380. The number of rotatable bonds is 5. The molecule has 0 saturated heterocycles. The van der Waals surface area contributed by atoms with Gasteiger partial charge in [-0.2, -0.15) is 0 Å². The van der Waals surface area contributed by atoms with Gasteiger partial charge < -0.3 is 10.0 Å². The molecule has 2 rings (SSSR count). The summed E-state index contributed by atoms with van der Waals surface area (Å²) in [5.74, 6) is -0.209. The maximum absolute atomic E-state index is 12.4. The van der Waals surface area contributed by atoms with Crippen molar-refractivity contribution in [2.45, 2.75) is 31.7 Å². The van der Waals surface area contributed by atoms with E-state index in [4.69, 9.17) is 5.11 Å². The quantitative estimate of drug-likeness (QED) is 0.662. The van der Waals surface area contributed by atoms with Crippen molar-refractivity contribution in [2.75, 3.05) is 13.2 Å². The fourth-order valence-corrected chi connectivity index (χ4v) is 3.23. The molecule has 1 aliphatic carbocycles. The van der Waals surface area contributed by atoms with Gasteiger partial charge in [0.2, 0.25) is 0 Å². The van der Waals surface area contributed by atoms with E-state index in [9.17, 15) is 14.9 Å². The third-order valence-electron chi connectivity index (χ3n) is 3.35. The molecule has 1 saturated carbocycles. The fraction of sp³-hybridized carbons (Fsp3) is 0.583. The van der Waals surface area contributed by atoms with Gasteiger partial charge in [-0.15, -0.1) is 0 Å². The van der Waals surface area contributed by atoms with Gasteiger partial charge in [0.25, 0.3) is 5.91 Å². The number of hydrogen-bond acceptors (Lipinski definition) is 5. The number of thiophene rings is 1. The Kier molecular flexibility index (Phi) is 4.49. The largest absolute Gasteiger partial charge is 0.395 e. The minimum absolute atomic E-state index is 0.0290. The van der Waals surface area contributed by atoms with Crippen LogP contribution in [-0.2, 0) is 0 Å². The summed E-state index contributed by atoms with van der Waals surface area (Å²) in [5.41, 5.74) is 0. The second kappa shape index (κ2) is 6.12. The third-order valence-corrected chi connectivity index (χ3v) is 4.37. The molecule has 1 fully saturated rings. The van der Waals surface area contributed by atoms with Crippen molar-refractivity contribution in [3.63, 3.8) is 0 Å². The fourth-order valence-electron chi connectivity index (χ4n) is 2.46. The predicted octanol–water partition coefficient (Wildman–Crippen LogP) is 2.03. The number of hydrogen-bond donors (Lipinski definition) is 1. The molecular formula is C12H16N2O4S. The third kappa shape index (κ3) is 3.10. The van der Waals surface area contributed by atoms with Crippen LogP contribution in [0.1, 0.15) is 35.4 Å². The highest BCUT2D eigenvalue weighted by atomic mass is 32.1. The Balaban J connectivity index is 2.15. The molecule has 1 amide bonds. The molecule has 0 aromatic carbocycles. The van der Waals surface area contributed by atoms with Crippen molar-refractivity contribution in [2.24, 2.45) is 0 Å². The Morgan fingerprint density at radius 1 is 1.47 bits per heavy atom. The molecule has 0 radical (unpaired) electrons. The average molecular weight is 284 g/mol. The van der Waals surface area contributed by atoms with Crippen LogP contribution in [0.2, 0.25) is 0 Å². The Morgan fingerprint density at radius 2 is 2.16 bits per heavy atom. The van der Waals surface area contributed by atoms with Gasteiger partial charge in [0.1, 0.15) is 0 Å². The average Bonchev–Trinajstić information content (AvgIpc) is 3.05. The molecule has 0 spiro atoms. The molecule has 0 atom stereocenters. The van der Waals surface area contributed by atoms with Gasteiger partial charge in [-0.1, -0.05) is 24.2 Å². The topological polar surface area (TPSA) is 83.7 Å². The monoisotopic (exact) mass is 284 g/mol. The summed E-state index contributed by atoms with van der Waals surface area (Å²) < 4.78 is 0. The van der Waals surface area contributed by atoms with E-state index >= 15 is 0 Å². The summed E-state index contributed by atoms with van der Waals surface area (Å²) >= 11 is 0.890. The van der Waals surface area contributed by atoms with Crippen molar-refractivity contribution in [3.05, 3.63) is 27.1 Å². The van der Waals surface area contributed by atoms with Crippen molar-refractivity contribution >= 4 is 22.2 Å². The number of aliphatic hydroxyl groups is 1. The lowest BCUT2D eigenvalue weighted by Gasteiger charge is -2.27. The van der Waals surface area contributed by atoms with E-state index in [1.165, 1.54) is 12.1 Å². The Hall–Kier alpha value is -1.47. The first-order valence-electron chi connectivity index (χ1n) is 6.29.